The monoisotopic (exact) mass is 405 g/mol. The van der Waals surface area contributed by atoms with E-state index in [2.05, 4.69) is 28.7 Å². The summed E-state index contributed by atoms with van der Waals surface area (Å²) in [5.41, 5.74) is 5.34. The van der Waals surface area contributed by atoms with Crippen molar-refractivity contribution >= 4 is 22.9 Å². The Kier molecular flexibility index (Phi) is 6.01. The Hall–Kier alpha value is -4.43. The molecule has 4 aromatic rings. The summed E-state index contributed by atoms with van der Waals surface area (Å²) < 4.78 is 5.89. The van der Waals surface area contributed by atoms with Crippen molar-refractivity contribution in [3.05, 3.63) is 113 Å². The van der Waals surface area contributed by atoms with Crippen molar-refractivity contribution in [1.29, 1.82) is 5.26 Å². The maximum Gasteiger partial charge on any atom is 0.271 e. The minimum atomic E-state index is -0.299. The number of hydrogen-bond acceptors (Lipinski definition) is 4. The minimum absolute atomic E-state index is 0.299. The second-order valence-electron chi connectivity index (χ2n) is 6.93. The normalized spacial score (nSPS) is 10.7. The number of hydrogen-bond donors (Lipinski definition) is 1. The van der Waals surface area contributed by atoms with Crippen molar-refractivity contribution in [3.8, 4) is 11.8 Å². The van der Waals surface area contributed by atoms with Gasteiger partial charge in [-0.25, -0.2) is 5.43 Å². The molecule has 0 fully saturated rings. The van der Waals surface area contributed by atoms with Gasteiger partial charge in [-0.05, 0) is 58.3 Å². The third kappa shape index (κ3) is 5.14. The van der Waals surface area contributed by atoms with Gasteiger partial charge in [0, 0.05) is 5.56 Å². The number of carbonyl (C=O) groups excluding carboxylic acids is 1. The van der Waals surface area contributed by atoms with E-state index < -0.39 is 0 Å². The minimum Gasteiger partial charge on any atom is -0.489 e. The van der Waals surface area contributed by atoms with Crippen LogP contribution in [0, 0.1) is 11.3 Å². The summed E-state index contributed by atoms with van der Waals surface area (Å²) in [7, 11) is 0. The van der Waals surface area contributed by atoms with Gasteiger partial charge >= 0.3 is 0 Å². The van der Waals surface area contributed by atoms with Gasteiger partial charge in [-0.3, -0.25) is 4.79 Å². The molecular formula is C26H19N3O2. The van der Waals surface area contributed by atoms with E-state index in [0.717, 1.165) is 22.3 Å². The van der Waals surface area contributed by atoms with Crippen LogP contribution < -0.4 is 10.2 Å². The molecule has 0 aliphatic rings. The molecule has 5 heteroatoms. The first-order valence-corrected chi connectivity index (χ1v) is 9.75. The quantitative estimate of drug-likeness (QED) is 0.360. The lowest BCUT2D eigenvalue weighted by Crippen LogP contribution is -2.17. The SMILES string of the molecule is N#Cc1ccc(/C=N/NC(=O)c2ccc(COc3ccc4ccccc4c3)cc2)cc1. The van der Waals surface area contributed by atoms with Gasteiger partial charge < -0.3 is 4.74 Å². The molecule has 150 valence electrons. The predicted octanol–water partition coefficient (Wildman–Crippen LogP) is 5.05. The zero-order valence-corrected chi connectivity index (χ0v) is 16.7. The molecule has 4 rings (SSSR count). The zero-order chi connectivity index (χ0) is 21.5. The van der Waals surface area contributed by atoms with Gasteiger partial charge in [0.15, 0.2) is 0 Å². The van der Waals surface area contributed by atoms with Gasteiger partial charge in [0.25, 0.3) is 5.91 Å². The molecular weight excluding hydrogens is 386 g/mol. The average Bonchev–Trinajstić information content (AvgIpc) is 2.83. The highest BCUT2D eigenvalue weighted by molar-refractivity contribution is 5.94. The van der Waals surface area contributed by atoms with Crippen LogP contribution in [0.25, 0.3) is 10.8 Å². The van der Waals surface area contributed by atoms with Gasteiger partial charge in [0.2, 0.25) is 0 Å². The van der Waals surface area contributed by atoms with E-state index in [0.29, 0.717) is 17.7 Å². The maximum absolute atomic E-state index is 12.3. The summed E-state index contributed by atoms with van der Waals surface area (Å²) in [6.07, 6.45) is 1.53. The summed E-state index contributed by atoms with van der Waals surface area (Å²) >= 11 is 0. The molecule has 0 bridgehead atoms. The second kappa shape index (κ2) is 9.38. The smallest absolute Gasteiger partial charge is 0.271 e. The average molecular weight is 405 g/mol. The number of ether oxygens (including phenoxy) is 1. The molecule has 4 aromatic carbocycles. The molecule has 31 heavy (non-hydrogen) atoms. The fourth-order valence-corrected chi connectivity index (χ4v) is 3.05. The highest BCUT2D eigenvalue weighted by Crippen LogP contribution is 2.21. The first-order chi connectivity index (χ1) is 15.2. The van der Waals surface area contributed by atoms with Crippen LogP contribution in [0.2, 0.25) is 0 Å². The molecule has 0 radical (unpaired) electrons. The Balaban J connectivity index is 1.31. The van der Waals surface area contributed by atoms with Crippen LogP contribution in [0.3, 0.4) is 0 Å². The van der Waals surface area contributed by atoms with Crippen LogP contribution in [-0.2, 0) is 6.61 Å². The van der Waals surface area contributed by atoms with E-state index in [1.165, 1.54) is 11.6 Å². The lowest BCUT2D eigenvalue weighted by molar-refractivity contribution is 0.0955. The number of benzene rings is 4. The number of fused-ring (bicyclic) bond motifs is 1. The Morgan fingerprint density at radius 2 is 1.68 bits per heavy atom. The van der Waals surface area contributed by atoms with E-state index >= 15 is 0 Å². The van der Waals surface area contributed by atoms with Gasteiger partial charge in [-0.15, -0.1) is 0 Å². The number of nitrogens with zero attached hydrogens (tertiary/aromatic N) is 2. The van der Waals surface area contributed by atoms with Crippen LogP contribution in [0.5, 0.6) is 5.75 Å². The summed E-state index contributed by atoms with van der Waals surface area (Å²) in [5.74, 6) is 0.504. The summed E-state index contributed by atoms with van der Waals surface area (Å²) in [6, 6.07) is 30.3. The lowest BCUT2D eigenvalue weighted by Gasteiger charge is -2.08. The Bertz CT molecular complexity index is 1270. The first-order valence-electron chi connectivity index (χ1n) is 9.75. The lowest BCUT2D eigenvalue weighted by atomic mass is 10.1. The van der Waals surface area contributed by atoms with Gasteiger partial charge in [0.05, 0.1) is 17.8 Å². The van der Waals surface area contributed by atoms with E-state index in [9.17, 15) is 4.79 Å². The van der Waals surface area contributed by atoms with E-state index in [-0.39, 0.29) is 5.91 Å². The number of nitriles is 1. The summed E-state index contributed by atoms with van der Waals surface area (Å²) in [5, 5.41) is 15.1. The van der Waals surface area contributed by atoms with Gasteiger partial charge in [-0.1, -0.05) is 54.6 Å². The molecule has 0 spiro atoms. The molecule has 0 heterocycles. The Morgan fingerprint density at radius 1 is 0.935 bits per heavy atom. The topological polar surface area (TPSA) is 74.5 Å². The van der Waals surface area contributed by atoms with Crippen LogP contribution >= 0.6 is 0 Å². The molecule has 0 atom stereocenters. The molecule has 0 aromatic heterocycles. The summed E-state index contributed by atoms with van der Waals surface area (Å²) in [4.78, 5) is 12.3. The molecule has 1 amide bonds. The van der Waals surface area contributed by atoms with Crippen LogP contribution in [0.1, 0.15) is 27.0 Å². The van der Waals surface area contributed by atoms with E-state index in [1.54, 1.807) is 36.4 Å². The number of rotatable bonds is 6. The Morgan fingerprint density at radius 3 is 2.42 bits per heavy atom. The van der Waals surface area contributed by atoms with Crippen LogP contribution in [0.15, 0.2) is 96.1 Å². The first kappa shape index (κ1) is 19.9. The number of hydrazone groups is 1. The standard InChI is InChI=1S/C26H19N3O2/c27-16-19-5-7-20(8-6-19)17-28-29-26(30)23-11-9-21(10-12-23)18-31-25-14-13-22-3-1-2-4-24(22)15-25/h1-15,17H,18H2,(H,29,30)/b28-17+. The highest BCUT2D eigenvalue weighted by atomic mass is 16.5. The van der Waals surface area contributed by atoms with Crippen molar-refractivity contribution in [2.24, 2.45) is 5.10 Å². The van der Waals surface area contributed by atoms with Crippen molar-refractivity contribution in [1.82, 2.24) is 5.43 Å². The van der Waals surface area contributed by atoms with E-state index in [1.807, 2.05) is 42.5 Å². The molecule has 0 aliphatic heterocycles. The van der Waals surface area contributed by atoms with Crippen LogP contribution in [0.4, 0.5) is 0 Å². The zero-order valence-electron chi connectivity index (χ0n) is 16.7. The third-order valence-corrected chi connectivity index (χ3v) is 4.76. The number of amides is 1. The van der Waals surface area contributed by atoms with Gasteiger partial charge in [0.1, 0.15) is 12.4 Å². The Labute approximate surface area is 180 Å². The molecule has 0 saturated carbocycles. The fourth-order valence-electron chi connectivity index (χ4n) is 3.05. The molecule has 0 aliphatic carbocycles. The third-order valence-electron chi connectivity index (χ3n) is 4.76. The van der Waals surface area contributed by atoms with Crippen molar-refractivity contribution in [2.45, 2.75) is 6.61 Å². The number of carbonyl (C=O) groups is 1. The molecule has 0 unspecified atom stereocenters. The van der Waals surface area contributed by atoms with Crippen molar-refractivity contribution in [2.75, 3.05) is 0 Å². The second-order valence-corrected chi connectivity index (χ2v) is 6.93. The molecule has 0 saturated heterocycles. The van der Waals surface area contributed by atoms with Gasteiger partial charge in [-0.2, -0.15) is 10.4 Å². The fraction of sp³-hybridized carbons (Fsp3) is 0.0385. The maximum atomic E-state index is 12.3. The summed E-state index contributed by atoms with van der Waals surface area (Å²) in [6.45, 7) is 0.414. The van der Waals surface area contributed by atoms with Crippen molar-refractivity contribution < 1.29 is 9.53 Å². The predicted molar refractivity (Wildman–Crippen MR) is 121 cm³/mol. The van der Waals surface area contributed by atoms with Crippen molar-refractivity contribution in [3.63, 3.8) is 0 Å². The highest BCUT2D eigenvalue weighted by Gasteiger charge is 2.05. The van der Waals surface area contributed by atoms with Crippen LogP contribution in [-0.4, -0.2) is 12.1 Å². The van der Waals surface area contributed by atoms with E-state index in [4.69, 9.17) is 10.00 Å². The number of nitrogens with one attached hydrogen (secondary N) is 1. The molecule has 1 N–H and O–H groups in total. The molecule has 5 nitrogen and oxygen atoms in total. The largest absolute Gasteiger partial charge is 0.489 e.